The molecule has 0 radical (unpaired) electrons. The van der Waals surface area contributed by atoms with Gasteiger partial charge in [-0.2, -0.15) is 0 Å². The van der Waals surface area contributed by atoms with Crippen LogP contribution in [0.3, 0.4) is 0 Å². The number of halogens is 2. The smallest absolute Gasteiger partial charge is 0.260 e. The van der Waals surface area contributed by atoms with Gasteiger partial charge in [-0.05, 0) is 36.4 Å². The summed E-state index contributed by atoms with van der Waals surface area (Å²) in [5.41, 5.74) is 2.74. The Hall–Kier alpha value is -2.18. The fourth-order valence-corrected chi connectivity index (χ4v) is 4.43. The van der Waals surface area contributed by atoms with Gasteiger partial charge in [-0.15, -0.1) is 11.3 Å². The molecule has 0 aliphatic heterocycles. The number of H-pyrrole nitrogens is 1. The van der Waals surface area contributed by atoms with Crippen LogP contribution in [-0.4, -0.2) is 21.9 Å². The third kappa shape index (κ3) is 3.98. The zero-order valence-corrected chi connectivity index (χ0v) is 17.4. The maximum Gasteiger partial charge on any atom is 0.260 e. The molecule has 1 N–H and O–H groups in total. The first kappa shape index (κ1) is 19.2. The van der Waals surface area contributed by atoms with Crippen LogP contribution in [0.4, 0.5) is 0 Å². The van der Waals surface area contributed by atoms with Crippen LogP contribution in [0.15, 0.2) is 58.7 Å². The largest absolute Gasteiger partial charge is 0.309 e. The fourth-order valence-electron chi connectivity index (χ4n) is 3.14. The van der Waals surface area contributed by atoms with Crippen molar-refractivity contribution in [3.63, 3.8) is 0 Å². The van der Waals surface area contributed by atoms with Crippen LogP contribution in [0.5, 0.6) is 0 Å². The van der Waals surface area contributed by atoms with Crippen LogP contribution in [0.2, 0.25) is 10.0 Å². The molecule has 28 heavy (non-hydrogen) atoms. The highest BCUT2D eigenvalue weighted by molar-refractivity contribution is 7.17. The number of rotatable bonds is 5. The van der Waals surface area contributed by atoms with Gasteiger partial charge in [0.15, 0.2) is 0 Å². The third-order valence-electron chi connectivity index (χ3n) is 4.47. The first-order chi connectivity index (χ1) is 13.5. The Bertz CT molecular complexity index is 1180. The van der Waals surface area contributed by atoms with E-state index in [0.29, 0.717) is 29.3 Å². The minimum atomic E-state index is -0.127. The standard InChI is InChI=1S/C21H17Cl2N3OS/c1-26(10-14-4-2-3-5-17(14)23)11-18-24-20(27)19-16(12-28-21(19)25-18)13-6-8-15(22)9-7-13/h2-9,12H,10-11H2,1H3,(H,24,25,27). The molecule has 0 aliphatic rings. The third-order valence-corrected chi connectivity index (χ3v) is 5.96. The predicted molar refractivity (Wildman–Crippen MR) is 117 cm³/mol. The topological polar surface area (TPSA) is 49.0 Å². The first-order valence-corrected chi connectivity index (χ1v) is 10.3. The summed E-state index contributed by atoms with van der Waals surface area (Å²) in [5, 5.41) is 3.98. The molecular weight excluding hydrogens is 413 g/mol. The molecule has 4 aromatic rings. The van der Waals surface area contributed by atoms with Crippen molar-refractivity contribution in [3.05, 3.63) is 85.7 Å². The molecule has 0 unspecified atom stereocenters. The summed E-state index contributed by atoms with van der Waals surface area (Å²) in [4.78, 5) is 23.2. The van der Waals surface area contributed by atoms with Gasteiger partial charge in [0.1, 0.15) is 10.7 Å². The van der Waals surface area contributed by atoms with Gasteiger partial charge in [0.2, 0.25) is 0 Å². The Kier molecular flexibility index (Phi) is 5.51. The van der Waals surface area contributed by atoms with E-state index in [9.17, 15) is 4.79 Å². The number of benzene rings is 2. The quantitative estimate of drug-likeness (QED) is 0.449. The van der Waals surface area contributed by atoms with Crippen molar-refractivity contribution in [2.24, 2.45) is 0 Å². The van der Waals surface area contributed by atoms with Crippen LogP contribution in [0, 0.1) is 0 Å². The average molecular weight is 430 g/mol. The van der Waals surface area contributed by atoms with Crippen LogP contribution < -0.4 is 5.56 Å². The van der Waals surface area contributed by atoms with Crippen LogP contribution in [0.25, 0.3) is 21.3 Å². The van der Waals surface area contributed by atoms with E-state index in [1.54, 1.807) is 0 Å². The number of fused-ring (bicyclic) bond motifs is 1. The van der Waals surface area contributed by atoms with E-state index < -0.39 is 0 Å². The van der Waals surface area contributed by atoms with E-state index in [2.05, 4.69) is 14.9 Å². The van der Waals surface area contributed by atoms with Gasteiger partial charge < -0.3 is 4.98 Å². The van der Waals surface area contributed by atoms with Crippen molar-refractivity contribution in [2.45, 2.75) is 13.1 Å². The lowest BCUT2D eigenvalue weighted by molar-refractivity contribution is 0.311. The van der Waals surface area contributed by atoms with Gasteiger partial charge in [-0.25, -0.2) is 4.98 Å². The van der Waals surface area contributed by atoms with Crippen molar-refractivity contribution in [3.8, 4) is 11.1 Å². The molecule has 142 valence electrons. The maximum atomic E-state index is 12.8. The molecule has 4 rings (SSSR count). The highest BCUT2D eigenvalue weighted by Crippen LogP contribution is 2.31. The van der Waals surface area contributed by atoms with Gasteiger partial charge in [-0.1, -0.05) is 53.5 Å². The minimum absolute atomic E-state index is 0.127. The van der Waals surface area contributed by atoms with Crippen molar-refractivity contribution in [1.29, 1.82) is 0 Å². The second kappa shape index (κ2) is 8.05. The normalized spacial score (nSPS) is 11.4. The molecule has 2 heterocycles. The summed E-state index contributed by atoms with van der Waals surface area (Å²) in [5.74, 6) is 0.636. The van der Waals surface area contributed by atoms with Crippen LogP contribution in [-0.2, 0) is 13.1 Å². The molecule has 0 spiro atoms. The molecule has 2 aromatic heterocycles. The van der Waals surface area contributed by atoms with E-state index >= 15 is 0 Å². The lowest BCUT2D eigenvalue weighted by atomic mass is 10.1. The number of nitrogens with one attached hydrogen (secondary N) is 1. The molecule has 0 atom stereocenters. The van der Waals surface area contributed by atoms with E-state index in [1.165, 1.54) is 11.3 Å². The molecule has 4 nitrogen and oxygen atoms in total. The summed E-state index contributed by atoms with van der Waals surface area (Å²) >= 11 is 13.7. The SMILES string of the molecule is CN(Cc1nc2scc(-c3ccc(Cl)cc3)c2c(=O)[nH]1)Cc1ccccc1Cl. The summed E-state index contributed by atoms with van der Waals surface area (Å²) in [6, 6.07) is 15.2. The molecular formula is C21H17Cl2N3OS. The molecule has 7 heteroatoms. The lowest BCUT2D eigenvalue weighted by Crippen LogP contribution is -2.21. The molecule has 2 aromatic carbocycles. The van der Waals surface area contributed by atoms with Gasteiger partial charge >= 0.3 is 0 Å². The van der Waals surface area contributed by atoms with E-state index in [-0.39, 0.29) is 5.56 Å². The zero-order chi connectivity index (χ0) is 19.7. The second-order valence-corrected chi connectivity index (χ2v) is 8.31. The Labute approximate surface area is 176 Å². The Morgan fingerprint density at radius 2 is 1.82 bits per heavy atom. The van der Waals surface area contributed by atoms with E-state index in [1.807, 2.05) is 61.0 Å². The Morgan fingerprint density at radius 1 is 1.07 bits per heavy atom. The van der Waals surface area contributed by atoms with E-state index in [4.69, 9.17) is 23.2 Å². The van der Waals surface area contributed by atoms with Gasteiger partial charge in [-0.3, -0.25) is 9.69 Å². The molecule has 0 amide bonds. The zero-order valence-electron chi connectivity index (χ0n) is 15.1. The van der Waals surface area contributed by atoms with Crippen molar-refractivity contribution in [1.82, 2.24) is 14.9 Å². The molecule has 0 fully saturated rings. The molecule has 0 saturated heterocycles. The van der Waals surface area contributed by atoms with Gasteiger partial charge in [0, 0.05) is 27.5 Å². The van der Waals surface area contributed by atoms with Gasteiger partial charge in [0.25, 0.3) is 5.56 Å². The summed E-state index contributed by atoms with van der Waals surface area (Å²) < 4.78 is 0. The fraction of sp³-hybridized carbons (Fsp3) is 0.143. The lowest BCUT2D eigenvalue weighted by Gasteiger charge is -2.16. The molecule has 0 bridgehead atoms. The van der Waals surface area contributed by atoms with Gasteiger partial charge in [0.05, 0.1) is 11.9 Å². The minimum Gasteiger partial charge on any atom is -0.309 e. The Morgan fingerprint density at radius 3 is 2.57 bits per heavy atom. The number of aromatic nitrogens is 2. The summed E-state index contributed by atoms with van der Waals surface area (Å²) in [6.07, 6.45) is 0. The highest BCUT2D eigenvalue weighted by Gasteiger charge is 2.14. The van der Waals surface area contributed by atoms with Crippen molar-refractivity contribution >= 4 is 44.8 Å². The number of hydrogen-bond donors (Lipinski definition) is 1. The van der Waals surface area contributed by atoms with Crippen LogP contribution in [0.1, 0.15) is 11.4 Å². The second-order valence-electron chi connectivity index (χ2n) is 6.61. The highest BCUT2D eigenvalue weighted by atomic mass is 35.5. The maximum absolute atomic E-state index is 12.8. The monoisotopic (exact) mass is 429 g/mol. The molecule has 0 aliphatic carbocycles. The number of aromatic amines is 1. The van der Waals surface area contributed by atoms with Crippen molar-refractivity contribution < 1.29 is 0 Å². The first-order valence-electron chi connectivity index (χ1n) is 8.69. The molecule has 0 saturated carbocycles. The summed E-state index contributed by atoms with van der Waals surface area (Å²) in [6.45, 7) is 1.19. The van der Waals surface area contributed by atoms with E-state index in [0.717, 1.165) is 26.5 Å². The predicted octanol–water partition coefficient (Wildman–Crippen LogP) is 5.59. The van der Waals surface area contributed by atoms with Crippen LogP contribution >= 0.6 is 34.5 Å². The summed E-state index contributed by atoms with van der Waals surface area (Å²) in [7, 11) is 1.97. The Balaban J connectivity index is 1.61. The van der Waals surface area contributed by atoms with Crippen molar-refractivity contribution in [2.75, 3.05) is 7.05 Å². The number of hydrogen-bond acceptors (Lipinski definition) is 4. The number of thiophene rings is 1. The number of nitrogens with zero attached hydrogens (tertiary/aromatic N) is 2. The average Bonchev–Trinajstić information content (AvgIpc) is 3.09.